The Bertz CT molecular complexity index is 3420. The van der Waals surface area contributed by atoms with E-state index < -0.39 is 0 Å². The van der Waals surface area contributed by atoms with Crippen LogP contribution in [-0.2, 0) is 10.8 Å². The van der Waals surface area contributed by atoms with Crippen LogP contribution in [0.5, 0.6) is 0 Å². The Balaban J connectivity index is 1.09. The maximum absolute atomic E-state index is 5.11. The second kappa shape index (κ2) is 12.7. The summed E-state index contributed by atoms with van der Waals surface area (Å²) in [4.78, 5) is 9.89. The number of pyridine rings is 2. The summed E-state index contributed by atoms with van der Waals surface area (Å²) in [7, 11) is 0. The summed E-state index contributed by atoms with van der Waals surface area (Å²) in [5, 5.41) is 7.27. The lowest BCUT2D eigenvalue weighted by Crippen LogP contribution is -2.15. The van der Waals surface area contributed by atoms with Crippen LogP contribution in [0.25, 0.3) is 99.3 Å². The highest BCUT2D eigenvalue weighted by Gasteiger charge is 2.37. The predicted molar refractivity (Wildman–Crippen MR) is 251 cm³/mol. The number of rotatable bonds is 4. The van der Waals surface area contributed by atoms with Crippen molar-refractivity contribution in [1.82, 2.24) is 9.97 Å². The first-order valence-electron chi connectivity index (χ1n) is 21.1. The van der Waals surface area contributed by atoms with E-state index in [9.17, 15) is 0 Å². The van der Waals surface area contributed by atoms with Gasteiger partial charge in [0.1, 0.15) is 0 Å². The molecule has 2 heterocycles. The van der Waals surface area contributed by atoms with Crippen molar-refractivity contribution in [2.45, 2.75) is 38.5 Å². The maximum atomic E-state index is 5.11. The molecule has 284 valence electrons. The van der Waals surface area contributed by atoms with Gasteiger partial charge in [-0.1, -0.05) is 161 Å². The van der Waals surface area contributed by atoms with E-state index in [0.29, 0.717) is 0 Å². The van der Waals surface area contributed by atoms with Gasteiger partial charge in [-0.05, 0) is 130 Å². The summed E-state index contributed by atoms with van der Waals surface area (Å²) in [5.74, 6) is 0. The lowest BCUT2D eigenvalue weighted by Gasteiger charge is -2.24. The quantitative estimate of drug-likeness (QED) is 0.167. The van der Waals surface area contributed by atoms with Gasteiger partial charge in [0, 0.05) is 39.7 Å². The molecule has 2 aliphatic rings. The number of hydrogen-bond donors (Lipinski definition) is 0. The lowest BCUT2D eigenvalue weighted by atomic mass is 9.79. The minimum atomic E-state index is -0.113. The molecule has 2 heteroatoms. The van der Waals surface area contributed by atoms with Gasteiger partial charge in [-0.2, -0.15) is 0 Å². The number of aromatic nitrogens is 2. The molecule has 0 aliphatic heterocycles. The van der Waals surface area contributed by atoms with Crippen molar-refractivity contribution in [1.29, 1.82) is 0 Å². The number of fused-ring (bicyclic) bond motifs is 9. The van der Waals surface area contributed by atoms with E-state index in [1.54, 1.807) is 0 Å². The minimum absolute atomic E-state index is 0.102. The average molecular weight is 767 g/mol. The highest BCUT2D eigenvalue weighted by molar-refractivity contribution is 6.22. The second-order valence-electron chi connectivity index (χ2n) is 17.7. The van der Waals surface area contributed by atoms with Crippen molar-refractivity contribution in [3.8, 4) is 67.0 Å². The molecule has 12 rings (SSSR count). The van der Waals surface area contributed by atoms with E-state index in [4.69, 9.17) is 9.97 Å². The smallest absolute Gasteiger partial charge is 0.0795 e. The first kappa shape index (κ1) is 34.8. The summed E-state index contributed by atoms with van der Waals surface area (Å²) in [6.07, 6.45) is 3.86. The molecule has 0 bridgehead atoms. The van der Waals surface area contributed by atoms with E-state index in [0.717, 1.165) is 27.9 Å². The molecule has 0 saturated heterocycles. The zero-order chi connectivity index (χ0) is 40.3. The summed E-state index contributed by atoms with van der Waals surface area (Å²) in [6, 6.07) is 63.0. The van der Waals surface area contributed by atoms with E-state index in [1.165, 1.54) is 93.7 Å². The molecule has 60 heavy (non-hydrogen) atoms. The molecule has 0 N–H and O–H groups in total. The third kappa shape index (κ3) is 4.94. The van der Waals surface area contributed by atoms with Gasteiger partial charge in [-0.3, -0.25) is 9.97 Å². The maximum Gasteiger partial charge on any atom is 0.0795 e. The second-order valence-corrected chi connectivity index (χ2v) is 17.7. The molecule has 2 nitrogen and oxygen atoms in total. The number of benzene rings is 8. The highest BCUT2D eigenvalue weighted by atomic mass is 14.7. The molecular weight excluding hydrogens is 725 g/mol. The van der Waals surface area contributed by atoms with Crippen LogP contribution in [0.15, 0.2) is 182 Å². The minimum Gasteiger partial charge on any atom is -0.256 e. The summed E-state index contributed by atoms with van der Waals surface area (Å²) in [6.45, 7) is 9.48. The van der Waals surface area contributed by atoms with Gasteiger partial charge in [0.05, 0.1) is 11.4 Å². The van der Waals surface area contributed by atoms with Crippen LogP contribution < -0.4 is 0 Å². The van der Waals surface area contributed by atoms with Gasteiger partial charge < -0.3 is 0 Å². The van der Waals surface area contributed by atoms with Crippen LogP contribution in [-0.4, -0.2) is 9.97 Å². The molecule has 0 atom stereocenters. The molecule has 0 saturated carbocycles. The lowest BCUT2D eigenvalue weighted by molar-refractivity contribution is 0.660. The Morgan fingerprint density at radius 1 is 0.350 bits per heavy atom. The zero-order valence-electron chi connectivity index (χ0n) is 34.2. The normalized spacial score (nSPS) is 14.3. The third-order valence-corrected chi connectivity index (χ3v) is 13.8. The molecule has 8 aromatic carbocycles. The molecule has 2 aromatic heterocycles. The molecule has 0 unspecified atom stereocenters. The zero-order valence-corrected chi connectivity index (χ0v) is 34.2. The monoisotopic (exact) mass is 766 g/mol. The van der Waals surface area contributed by atoms with E-state index in [1.807, 2.05) is 12.4 Å². The predicted octanol–water partition coefficient (Wildman–Crippen LogP) is 15.2. The Morgan fingerprint density at radius 2 is 0.850 bits per heavy atom. The van der Waals surface area contributed by atoms with Crippen LogP contribution >= 0.6 is 0 Å². The summed E-state index contributed by atoms with van der Waals surface area (Å²) in [5.41, 5.74) is 19.6. The van der Waals surface area contributed by atoms with Gasteiger partial charge in [-0.25, -0.2) is 0 Å². The van der Waals surface area contributed by atoms with Gasteiger partial charge in [-0.15, -0.1) is 0 Å². The standard InChI is InChI=1S/C58H42N2/c1-57(2)49-19-11-9-15-41(49)43-25-22-37(32-51(43)57)54-45-17-7-8-18-46(45)55(38-23-26-44-42-16-10-12-20-50(42)58(3,4)52(44)33-38)48-31-36(21-27-47(48)54)53-28-24-39(34-60-53)56-40-14-6-5-13-35(40)29-30-59-56/h5-34H,1-4H3. The molecule has 2 aliphatic carbocycles. The van der Waals surface area contributed by atoms with Crippen LogP contribution in [0.2, 0.25) is 0 Å². The molecular formula is C58H42N2. The van der Waals surface area contributed by atoms with Crippen LogP contribution in [0.4, 0.5) is 0 Å². The van der Waals surface area contributed by atoms with Crippen molar-refractivity contribution >= 4 is 32.3 Å². The van der Waals surface area contributed by atoms with Crippen molar-refractivity contribution < 1.29 is 0 Å². The Labute approximate surface area is 350 Å². The Morgan fingerprint density at radius 3 is 1.47 bits per heavy atom. The largest absolute Gasteiger partial charge is 0.256 e. The fourth-order valence-corrected chi connectivity index (χ4v) is 10.7. The Hall–Kier alpha value is -7.16. The molecule has 0 amide bonds. The van der Waals surface area contributed by atoms with E-state index in [-0.39, 0.29) is 10.8 Å². The summed E-state index contributed by atoms with van der Waals surface area (Å²) < 4.78 is 0. The van der Waals surface area contributed by atoms with Crippen LogP contribution in [0.3, 0.4) is 0 Å². The average Bonchev–Trinajstić information content (AvgIpc) is 3.66. The molecule has 0 radical (unpaired) electrons. The SMILES string of the molecule is CC1(C)c2ccccc2-c2ccc(-c3c4ccccc4c(-c4ccc5c(c4)C(C)(C)c4ccccc4-5)c4cc(-c5ccc(-c6nccc7ccccc67)cn5)ccc34)cc21. The topological polar surface area (TPSA) is 25.8 Å². The van der Waals surface area contributed by atoms with Gasteiger partial charge in [0.25, 0.3) is 0 Å². The van der Waals surface area contributed by atoms with Crippen LogP contribution in [0.1, 0.15) is 49.9 Å². The molecule has 0 spiro atoms. The summed E-state index contributed by atoms with van der Waals surface area (Å²) >= 11 is 0. The molecule has 0 fully saturated rings. The Kier molecular flexibility index (Phi) is 7.36. The van der Waals surface area contributed by atoms with E-state index in [2.05, 4.69) is 198 Å². The van der Waals surface area contributed by atoms with Crippen molar-refractivity contribution in [2.24, 2.45) is 0 Å². The van der Waals surface area contributed by atoms with Crippen molar-refractivity contribution in [3.05, 3.63) is 205 Å². The highest BCUT2D eigenvalue weighted by Crippen LogP contribution is 2.53. The number of hydrogen-bond acceptors (Lipinski definition) is 2. The van der Waals surface area contributed by atoms with Crippen molar-refractivity contribution in [2.75, 3.05) is 0 Å². The third-order valence-electron chi connectivity index (χ3n) is 13.8. The van der Waals surface area contributed by atoms with Crippen molar-refractivity contribution in [3.63, 3.8) is 0 Å². The molecule has 10 aromatic rings. The first-order chi connectivity index (χ1) is 29.3. The van der Waals surface area contributed by atoms with Gasteiger partial charge >= 0.3 is 0 Å². The van der Waals surface area contributed by atoms with Gasteiger partial charge in [0.15, 0.2) is 0 Å². The fraction of sp³-hybridized carbons (Fsp3) is 0.103. The van der Waals surface area contributed by atoms with E-state index >= 15 is 0 Å². The fourth-order valence-electron chi connectivity index (χ4n) is 10.7. The van der Waals surface area contributed by atoms with Crippen LogP contribution in [0, 0.1) is 0 Å². The van der Waals surface area contributed by atoms with Gasteiger partial charge in [0.2, 0.25) is 0 Å². The first-order valence-corrected chi connectivity index (χ1v) is 21.1. The number of nitrogens with zero attached hydrogens (tertiary/aromatic N) is 2.